The minimum Gasteiger partial charge on any atom is -0.310 e. The largest absolute Gasteiger partial charge is 0.310 e. The molecule has 3 heterocycles. The average Bonchev–Trinajstić information content (AvgIpc) is 2.52. The molecule has 5 nitrogen and oxygen atoms in total. The second-order valence-electron chi connectivity index (χ2n) is 6.10. The second kappa shape index (κ2) is 6.58. The molecule has 0 bridgehead atoms. The molecule has 1 N–H and O–H groups in total. The highest BCUT2D eigenvalue weighted by Crippen LogP contribution is 2.17. The van der Waals surface area contributed by atoms with Crippen molar-refractivity contribution in [2.45, 2.75) is 46.2 Å². The third-order valence-electron chi connectivity index (χ3n) is 4.16. The maximum absolute atomic E-state index is 13.2. The maximum Gasteiger partial charge on any atom is 0.255 e. The summed E-state index contributed by atoms with van der Waals surface area (Å²) in [6, 6.07) is 1.81. The topological polar surface area (TPSA) is 61.9 Å². The minimum atomic E-state index is -0.429. The van der Waals surface area contributed by atoms with Gasteiger partial charge in [0.1, 0.15) is 5.82 Å². The Labute approximate surface area is 134 Å². The van der Waals surface area contributed by atoms with E-state index in [1.165, 1.54) is 0 Å². The fourth-order valence-electron chi connectivity index (χ4n) is 2.98. The van der Waals surface area contributed by atoms with E-state index in [1.54, 1.807) is 13.1 Å². The van der Waals surface area contributed by atoms with Gasteiger partial charge < -0.3 is 4.98 Å². The summed E-state index contributed by atoms with van der Waals surface area (Å²) in [7, 11) is 0. The highest BCUT2D eigenvalue weighted by Gasteiger charge is 2.21. The number of aromatic nitrogens is 3. The van der Waals surface area contributed by atoms with E-state index in [9.17, 15) is 9.18 Å². The molecule has 0 unspecified atom stereocenters. The Morgan fingerprint density at radius 3 is 3.00 bits per heavy atom. The standard InChI is InChI=1S/C17H21FN4O/c1-3-4-15-20-14-5-6-22(10-13(14)17(23)21-15)9-12-7-11(2)16(18)19-8-12/h7-8H,3-6,9-10H2,1-2H3,(H,20,21,23). The van der Waals surface area contributed by atoms with Crippen LogP contribution in [0.25, 0.3) is 0 Å². The number of hydrogen-bond acceptors (Lipinski definition) is 4. The summed E-state index contributed by atoms with van der Waals surface area (Å²) in [5, 5.41) is 0. The molecule has 1 aliphatic heterocycles. The van der Waals surface area contributed by atoms with Crippen molar-refractivity contribution in [3.63, 3.8) is 0 Å². The van der Waals surface area contributed by atoms with E-state index in [0.717, 1.165) is 48.5 Å². The molecule has 1 aliphatic rings. The van der Waals surface area contributed by atoms with Crippen molar-refractivity contribution in [3.05, 3.63) is 56.8 Å². The third kappa shape index (κ3) is 3.47. The number of halogens is 1. The summed E-state index contributed by atoms with van der Waals surface area (Å²) in [4.78, 5) is 25.7. The number of hydrogen-bond donors (Lipinski definition) is 1. The van der Waals surface area contributed by atoms with Crippen LogP contribution in [0.5, 0.6) is 0 Å². The van der Waals surface area contributed by atoms with Gasteiger partial charge in [-0.05, 0) is 25.0 Å². The van der Waals surface area contributed by atoms with Gasteiger partial charge in [0.15, 0.2) is 0 Å². The van der Waals surface area contributed by atoms with Gasteiger partial charge in [0.2, 0.25) is 5.95 Å². The van der Waals surface area contributed by atoms with Crippen molar-refractivity contribution in [1.82, 2.24) is 19.9 Å². The number of fused-ring (bicyclic) bond motifs is 1. The summed E-state index contributed by atoms with van der Waals surface area (Å²) in [6.45, 7) is 5.84. The zero-order valence-electron chi connectivity index (χ0n) is 13.5. The van der Waals surface area contributed by atoms with E-state index < -0.39 is 5.95 Å². The minimum absolute atomic E-state index is 0.0310. The monoisotopic (exact) mass is 316 g/mol. The average molecular weight is 316 g/mol. The Kier molecular flexibility index (Phi) is 4.52. The van der Waals surface area contributed by atoms with Gasteiger partial charge in [-0.15, -0.1) is 0 Å². The lowest BCUT2D eigenvalue weighted by Gasteiger charge is -2.27. The molecule has 0 amide bonds. The highest BCUT2D eigenvalue weighted by molar-refractivity contribution is 5.22. The first-order chi connectivity index (χ1) is 11.1. The highest BCUT2D eigenvalue weighted by atomic mass is 19.1. The van der Waals surface area contributed by atoms with Gasteiger partial charge in [0.05, 0.1) is 11.3 Å². The Balaban J connectivity index is 1.77. The molecule has 2 aromatic heterocycles. The maximum atomic E-state index is 13.2. The molecule has 3 rings (SSSR count). The molecule has 2 aromatic rings. The van der Waals surface area contributed by atoms with Gasteiger partial charge in [0, 0.05) is 44.2 Å². The van der Waals surface area contributed by atoms with Crippen molar-refractivity contribution in [2.24, 2.45) is 0 Å². The molecule has 0 fully saturated rings. The van der Waals surface area contributed by atoms with Crippen LogP contribution in [0.3, 0.4) is 0 Å². The molecule has 0 atom stereocenters. The third-order valence-corrected chi connectivity index (χ3v) is 4.16. The Morgan fingerprint density at radius 2 is 2.26 bits per heavy atom. The lowest BCUT2D eigenvalue weighted by atomic mass is 10.1. The smallest absolute Gasteiger partial charge is 0.255 e. The molecule has 0 spiro atoms. The van der Waals surface area contributed by atoms with Gasteiger partial charge in [-0.25, -0.2) is 9.97 Å². The van der Waals surface area contributed by atoms with Gasteiger partial charge in [-0.3, -0.25) is 9.69 Å². The van der Waals surface area contributed by atoms with Crippen LogP contribution in [-0.2, 0) is 25.9 Å². The molecule has 0 saturated carbocycles. The van der Waals surface area contributed by atoms with Gasteiger partial charge in [0.25, 0.3) is 5.56 Å². The SMILES string of the molecule is CCCc1nc2c(c(=O)[nH]1)CN(Cc1cnc(F)c(C)c1)CC2. The number of aromatic amines is 1. The summed E-state index contributed by atoms with van der Waals surface area (Å²) >= 11 is 0. The number of pyridine rings is 1. The summed E-state index contributed by atoms with van der Waals surface area (Å²) in [6.07, 6.45) is 4.09. The van der Waals surface area contributed by atoms with Crippen LogP contribution < -0.4 is 5.56 Å². The van der Waals surface area contributed by atoms with Crippen molar-refractivity contribution in [3.8, 4) is 0 Å². The molecule has 23 heavy (non-hydrogen) atoms. The molecule has 0 radical (unpaired) electrons. The normalized spacial score (nSPS) is 14.7. The van der Waals surface area contributed by atoms with E-state index in [1.807, 2.05) is 6.07 Å². The Morgan fingerprint density at radius 1 is 1.43 bits per heavy atom. The number of aryl methyl sites for hydroxylation is 2. The molecular formula is C17H21FN4O. The van der Waals surface area contributed by atoms with Crippen LogP contribution in [0, 0.1) is 12.9 Å². The number of H-pyrrole nitrogens is 1. The molecule has 0 saturated heterocycles. The molecule has 0 aromatic carbocycles. The van der Waals surface area contributed by atoms with E-state index in [2.05, 4.69) is 26.8 Å². The summed E-state index contributed by atoms with van der Waals surface area (Å²) in [5.41, 5.74) is 3.14. The predicted molar refractivity (Wildman–Crippen MR) is 85.6 cm³/mol. The van der Waals surface area contributed by atoms with E-state index in [4.69, 9.17) is 0 Å². The van der Waals surface area contributed by atoms with Crippen molar-refractivity contribution < 1.29 is 4.39 Å². The first-order valence-corrected chi connectivity index (χ1v) is 8.01. The summed E-state index contributed by atoms with van der Waals surface area (Å²) < 4.78 is 13.2. The molecule has 122 valence electrons. The van der Waals surface area contributed by atoms with Crippen molar-refractivity contribution in [1.29, 1.82) is 0 Å². The fraction of sp³-hybridized carbons (Fsp3) is 0.471. The lowest BCUT2D eigenvalue weighted by Crippen LogP contribution is -2.35. The number of nitrogens with one attached hydrogen (secondary N) is 1. The fourth-order valence-corrected chi connectivity index (χ4v) is 2.98. The quantitative estimate of drug-likeness (QED) is 0.878. The van der Waals surface area contributed by atoms with Gasteiger partial charge in [-0.1, -0.05) is 6.92 Å². The van der Waals surface area contributed by atoms with Crippen LogP contribution >= 0.6 is 0 Å². The van der Waals surface area contributed by atoms with E-state index in [0.29, 0.717) is 18.7 Å². The molecule has 0 aliphatic carbocycles. The number of rotatable bonds is 4. The van der Waals surface area contributed by atoms with Gasteiger partial charge in [-0.2, -0.15) is 4.39 Å². The Bertz CT molecular complexity index is 772. The number of nitrogens with zero attached hydrogens (tertiary/aromatic N) is 3. The van der Waals surface area contributed by atoms with Crippen LogP contribution in [0.2, 0.25) is 0 Å². The van der Waals surface area contributed by atoms with Crippen LogP contribution in [0.15, 0.2) is 17.1 Å². The Hall–Kier alpha value is -2.08. The lowest BCUT2D eigenvalue weighted by molar-refractivity contribution is 0.241. The van der Waals surface area contributed by atoms with Gasteiger partial charge >= 0.3 is 0 Å². The van der Waals surface area contributed by atoms with Crippen LogP contribution in [0.4, 0.5) is 4.39 Å². The van der Waals surface area contributed by atoms with E-state index in [-0.39, 0.29) is 5.56 Å². The zero-order chi connectivity index (χ0) is 16.4. The van der Waals surface area contributed by atoms with Crippen molar-refractivity contribution >= 4 is 0 Å². The molecular weight excluding hydrogens is 295 g/mol. The second-order valence-corrected chi connectivity index (χ2v) is 6.10. The van der Waals surface area contributed by atoms with Crippen LogP contribution in [0.1, 0.15) is 41.6 Å². The van der Waals surface area contributed by atoms with Crippen molar-refractivity contribution in [2.75, 3.05) is 6.54 Å². The van der Waals surface area contributed by atoms with E-state index >= 15 is 0 Å². The first-order valence-electron chi connectivity index (χ1n) is 8.01. The summed E-state index contributed by atoms with van der Waals surface area (Å²) in [5.74, 6) is 0.352. The van der Waals surface area contributed by atoms with Crippen LogP contribution in [-0.4, -0.2) is 26.4 Å². The zero-order valence-corrected chi connectivity index (χ0v) is 13.5. The first kappa shape index (κ1) is 15.8. The molecule has 6 heteroatoms. The predicted octanol–water partition coefficient (Wildman–Crippen LogP) is 2.12.